The number of carbonyl (C=O) groups is 1. The van der Waals surface area contributed by atoms with E-state index < -0.39 is 5.97 Å². The van der Waals surface area contributed by atoms with E-state index in [-0.39, 0.29) is 12.3 Å². The second kappa shape index (κ2) is 6.32. The first-order valence-electron chi connectivity index (χ1n) is 6.79. The zero-order valence-electron chi connectivity index (χ0n) is 11.8. The van der Waals surface area contributed by atoms with Gasteiger partial charge in [-0.15, -0.1) is 0 Å². The van der Waals surface area contributed by atoms with E-state index in [1.165, 1.54) is 0 Å². The Labute approximate surface area is 118 Å². The van der Waals surface area contributed by atoms with Crippen LogP contribution in [0.15, 0.2) is 24.3 Å². The number of carboxylic acids is 1. The van der Waals surface area contributed by atoms with Crippen molar-refractivity contribution in [2.75, 3.05) is 11.9 Å². The fourth-order valence-corrected chi connectivity index (χ4v) is 2.10. The Balaban J connectivity index is 2.12. The molecule has 1 atom stereocenters. The fourth-order valence-electron chi connectivity index (χ4n) is 2.10. The SMILES string of the molecule is CCC(CNc1nc2ccccc2nc1C)CC(=O)O. The van der Waals surface area contributed by atoms with Crippen molar-refractivity contribution in [3.63, 3.8) is 0 Å². The molecule has 2 rings (SSSR count). The van der Waals surface area contributed by atoms with Gasteiger partial charge in [0.15, 0.2) is 0 Å². The summed E-state index contributed by atoms with van der Waals surface area (Å²) in [5, 5.41) is 12.1. The quantitative estimate of drug-likeness (QED) is 0.846. The lowest BCUT2D eigenvalue weighted by molar-refractivity contribution is -0.138. The molecule has 0 spiro atoms. The summed E-state index contributed by atoms with van der Waals surface area (Å²) in [7, 11) is 0. The first kappa shape index (κ1) is 14.2. The molecule has 1 unspecified atom stereocenters. The number of para-hydroxylation sites is 2. The largest absolute Gasteiger partial charge is 0.481 e. The number of hydrogen-bond acceptors (Lipinski definition) is 4. The number of hydrogen-bond donors (Lipinski definition) is 2. The van der Waals surface area contributed by atoms with Gasteiger partial charge in [0, 0.05) is 13.0 Å². The van der Waals surface area contributed by atoms with E-state index in [0.717, 1.165) is 29.0 Å². The molecule has 106 valence electrons. The third kappa shape index (κ3) is 3.44. The lowest BCUT2D eigenvalue weighted by Crippen LogP contribution is -2.18. The van der Waals surface area contributed by atoms with Gasteiger partial charge in [-0.2, -0.15) is 0 Å². The summed E-state index contributed by atoms with van der Waals surface area (Å²) < 4.78 is 0. The highest BCUT2D eigenvalue weighted by atomic mass is 16.4. The van der Waals surface area contributed by atoms with Crippen LogP contribution in [0.5, 0.6) is 0 Å². The Kier molecular flexibility index (Phi) is 4.50. The van der Waals surface area contributed by atoms with Gasteiger partial charge in [0.25, 0.3) is 0 Å². The molecule has 2 N–H and O–H groups in total. The monoisotopic (exact) mass is 273 g/mol. The zero-order chi connectivity index (χ0) is 14.5. The lowest BCUT2D eigenvalue weighted by Gasteiger charge is -2.15. The van der Waals surface area contributed by atoms with E-state index in [0.29, 0.717) is 6.54 Å². The van der Waals surface area contributed by atoms with Gasteiger partial charge < -0.3 is 10.4 Å². The van der Waals surface area contributed by atoms with Crippen molar-refractivity contribution < 1.29 is 9.90 Å². The predicted molar refractivity (Wildman–Crippen MR) is 78.8 cm³/mol. The van der Waals surface area contributed by atoms with Crippen LogP contribution in [0.1, 0.15) is 25.5 Å². The number of aryl methyl sites for hydroxylation is 1. The highest BCUT2D eigenvalue weighted by Gasteiger charge is 2.12. The third-order valence-corrected chi connectivity index (χ3v) is 3.34. The van der Waals surface area contributed by atoms with Crippen LogP contribution in [-0.4, -0.2) is 27.6 Å². The maximum Gasteiger partial charge on any atom is 0.303 e. The van der Waals surface area contributed by atoms with Crippen molar-refractivity contribution >= 4 is 22.8 Å². The molecule has 0 aliphatic rings. The van der Waals surface area contributed by atoms with Gasteiger partial charge in [-0.25, -0.2) is 9.97 Å². The van der Waals surface area contributed by atoms with Crippen LogP contribution in [0.3, 0.4) is 0 Å². The molecule has 1 aromatic heterocycles. The maximum absolute atomic E-state index is 10.8. The van der Waals surface area contributed by atoms with Gasteiger partial charge in [0.05, 0.1) is 16.7 Å². The molecule has 5 nitrogen and oxygen atoms in total. The van der Waals surface area contributed by atoms with Crippen molar-refractivity contribution in [2.45, 2.75) is 26.7 Å². The van der Waals surface area contributed by atoms with Crippen molar-refractivity contribution in [1.29, 1.82) is 0 Å². The Hall–Kier alpha value is -2.17. The Morgan fingerprint density at radius 2 is 1.95 bits per heavy atom. The molecular weight excluding hydrogens is 254 g/mol. The standard InChI is InChI=1S/C15H19N3O2/c1-3-11(8-14(19)20)9-16-15-10(2)17-12-6-4-5-7-13(12)18-15/h4-7,11H,3,8-9H2,1-2H3,(H,16,18)(H,19,20). The van der Waals surface area contributed by atoms with Gasteiger partial charge in [-0.1, -0.05) is 25.5 Å². The molecule has 5 heteroatoms. The molecule has 0 saturated carbocycles. The van der Waals surface area contributed by atoms with E-state index in [2.05, 4.69) is 15.3 Å². The van der Waals surface area contributed by atoms with E-state index >= 15 is 0 Å². The second-order valence-electron chi connectivity index (χ2n) is 4.90. The van der Waals surface area contributed by atoms with E-state index in [4.69, 9.17) is 5.11 Å². The van der Waals surface area contributed by atoms with Crippen LogP contribution in [0.25, 0.3) is 11.0 Å². The molecule has 0 radical (unpaired) electrons. The number of nitrogens with one attached hydrogen (secondary N) is 1. The highest BCUT2D eigenvalue weighted by Crippen LogP contribution is 2.17. The average Bonchev–Trinajstić information content (AvgIpc) is 2.43. The summed E-state index contributed by atoms with van der Waals surface area (Å²) in [6, 6.07) is 7.71. The lowest BCUT2D eigenvalue weighted by atomic mass is 10.0. The Morgan fingerprint density at radius 1 is 1.30 bits per heavy atom. The topological polar surface area (TPSA) is 75.1 Å². The van der Waals surface area contributed by atoms with Crippen LogP contribution in [-0.2, 0) is 4.79 Å². The third-order valence-electron chi connectivity index (χ3n) is 3.34. The second-order valence-corrected chi connectivity index (χ2v) is 4.90. The number of rotatable bonds is 6. The highest BCUT2D eigenvalue weighted by molar-refractivity contribution is 5.76. The number of fused-ring (bicyclic) bond motifs is 1. The van der Waals surface area contributed by atoms with E-state index in [9.17, 15) is 4.79 Å². The van der Waals surface area contributed by atoms with Gasteiger partial charge in [-0.05, 0) is 25.0 Å². The van der Waals surface area contributed by atoms with Crippen LogP contribution in [0.2, 0.25) is 0 Å². The van der Waals surface area contributed by atoms with Crippen molar-refractivity contribution in [3.8, 4) is 0 Å². The Morgan fingerprint density at radius 3 is 2.55 bits per heavy atom. The molecule has 1 aromatic carbocycles. The van der Waals surface area contributed by atoms with E-state index in [1.54, 1.807) is 0 Å². The molecule has 0 aliphatic heterocycles. The number of aromatic nitrogens is 2. The van der Waals surface area contributed by atoms with Crippen molar-refractivity contribution in [2.24, 2.45) is 5.92 Å². The van der Waals surface area contributed by atoms with Crippen LogP contribution in [0.4, 0.5) is 5.82 Å². The van der Waals surface area contributed by atoms with E-state index in [1.807, 2.05) is 38.1 Å². The summed E-state index contributed by atoms with van der Waals surface area (Å²) in [4.78, 5) is 19.8. The van der Waals surface area contributed by atoms with Gasteiger partial charge in [0.1, 0.15) is 5.82 Å². The molecule has 0 fully saturated rings. The first-order chi connectivity index (χ1) is 9.60. The van der Waals surface area contributed by atoms with Gasteiger partial charge >= 0.3 is 5.97 Å². The molecular formula is C15H19N3O2. The van der Waals surface area contributed by atoms with Gasteiger partial charge in [0.2, 0.25) is 0 Å². The summed E-state index contributed by atoms with van der Waals surface area (Å²) in [6.45, 7) is 4.49. The van der Waals surface area contributed by atoms with Crippen LogP contribution >= 0.6 is 0 Å². The molecule has 0 bridgehead atoms. The minimum absolute atomic E-state index is 0.0974. The summed E-state index contributed by atoms with van der Waals surface area (Å²) >= 11 is 0. The van der Waals surface area contributed by atoms with Crippen molar-refractivity contribution in [1.82, 2.24) is 9.97 Å². The minimum atomic E-state index is -0.764. The zero-order valence-corrected chi connectivity index (χ0v) is 11.8. The average molecular weight is 273 g/mol. The van der Waals surface area contributed by atoms with Gasteiger partial charge in [-0.3, -0.25) is 4.79 Å². The minimum Gasteiger partial charge on any atom is -0.481 e. The fraction of sp³-hybridized carbons (Fsp3) is 0.400. The smallest absolute Gasteiger partial charge is 0.303 e. The maximum atomic E-state index is 10.8. The summed E-state index contributed by atoms with van der Waals surface area (Å²) in [5.41, 5.74) is 2.54. The summed E-state index contributed by atoms with van der Waals surface area (Å²) in [5.74, 6) is 0.0627. The number of benzene rings is 1. The molecule has 1 heterocycles. The number of carboxylic acid groups (broad SMARTS) is 1. The number of nitrogens with zero attached hydrogens (tertiary/aromatic N) is 2. The first-order valence-corrected chi connectivity index (χ1v) is 6.79. The predicted octanol–water partition coefficient (Wildman–Crippen LogP) is 2.85. The summed E-state index contributed by atoms with van der Waals surface area (Å²) in [6.07, 6.45) is 0.989. The van der Waals surface area contributed by atoms with Crippen LogP contribution in [0, 0.1) is 12.8 Å². The molecule has 2 aromatic rings. The van der Waals surface area contributed by atoms with Crippen LogP contribution < -0.4 is 5.32 Å². The number of anilines is 1. The number of aliphatic carboxylic acids is 1. The molecule has 20 heavy (non-hydrogen) atoms. The van der Waals surface area contributed by atoms with Crippen molar-refractivity contribution in [3.05, 3.63) is 30.0 Å². The molecule has 0 saturated heterocycles. The molecule has 0 amide bonds. The Bertz CT molecular complexity index is 613. The normalized spacial score (nSPS) is 12.3. The molecule has 0 aliphatic carbocycles.